The highest BCUT2D eigenvalue weighted by Gasteiger charge is 2.27. The van der Waals surface area contributed by atoms with Gasteiger partial charge in [0.2, 0.25) is 11.9 Å². The van der Waals surface area contributed by atoms with Crippen LogP contribution in [0, 0.1) is 5.82 Å². The molecule has 0 bridgehead atoms. The average molecular weight is 511 g/mol. The van der Waals surface area contributed by atoms with Crippen LogP contribution in [0.5, 0.6) is 0 Å². The fraction of sp³-hybridized carbons (Fsp3) is 0.120. The third-order valence-corrected chi connectivity index (χ3v) is 5.09. The van der Waals surface area contributed by atoms with E-state index in [4.69, 9.17) is 0 Å². The van der Waals surface area contributed by atoms with E-state index < -0.39 is 24.3 Å². The molecule has 0 unspecified atom stereocenters. The number of aromatic nitrogens is 4. The number of alkyl halides is 3. The van der Waals surface area contributed by atoms with Crippen molar-refractivity contribution in [2.45, 2.75) is 12.6 Å². The summed E-state index contributed by atoms with van der Waals surface area (Å²) in [6, 6.07) is 9.68. The van der Waals surface area contributed by atoms with Crippen molar-refractivity contribution in [2.24, 2.45) is 7.05 Å². The number of hydrogen-bond donors (Lipinski definition) is 3. The second kappa shape index (κ2) is 10.5. The van der Waals surface area contributed by atoms with Crippen molar-refractivity contribution in [3.63, 3.8) is 0 Å². The summed E-state index contributed by atoms with van der Waals surface area (Å²) in [7, 11) is 1.74. The van der Waals surface area contributed by atoms with Gasteiger partial charge in [0.05, 0.1) is 24.0 Å². The monoisotopic (exact) mass is 511 g/mol. The third-order valence-electron chi connectivity index (χ3n) is 5.09. The van der Waals surface area contributed by atoms with Gasteiger partial charge in [-0.3, -0.25) is 9.48 Å². The van der Waals surface area contributed by atoms with Gasteiger partial charge in [-0.2, -0.15) is 23.3 Å². The number of aryl methyl sites for hydroxylation is 1. The van der Waals surface area contributed by atoms with Gasteiger partial charge < -0.3 is 16.0 Å². The third kappa shape index (κ3) is 6.69. The molecule has 1 amide bonds. The number of nitrogens with zero attached hydrogens (tertiary/aromatic N) is 4. The van der Waals surface area contributed by atoms with Gasteiger partial charge in [-0.1, -0.05) is 30.8 Å². The van der Waals surface area contributed by atoms with Crippen molar-refractivity contribution in [1.29, 1.82) is 0 Å². The van der Waals surface area contributed by atoms with Gasteiger partial charge in [-0.15, -0.1) is 0 Å². The van der Waals surface area contributed by atoms with Gasteiger partial charge in [0.15, 0.2) is 0 Å². The van der Waals surface area contributed by atoms with E-state index in [0.29, 0.717) is 22.5 Å². The lowest BCUT2D eigenvalue weighted by Gasteiger charge is -2.15. The Hall–Kier alpha value is -4.74. The van der Waals surface area contributed by atoms with Gasteiger partial charge in [0, 0.05) is 30.7 Å². The molecule has 0 fully saturated rings. The quantitative estimate of drug-likeness (QED) is 0.206. The van der Waals surface area contributed by atoms with Gasteiger partial charge in [0.25, 0.3) is 0 Å². The number of amides is 1. The molecule has 37 heavy (non-hydrogen) atoms. The first-order valence-electron chi connectivity index (χ1n) is 10.9. The molecule has 0 aliphatic heterocycles. The number of halogens is 4. The Morgan fingerprint density at radius 3 is 2.49 bits per heavy atom. The highest BCUT2D eigenvalue weighted by Crippen LogP contribution is 2.32. The van der Waals surface area contributed by atoms with Crippen molar-refractivity contribution in [3.05, 3.63) is 85.1 Å². The standard InChI is InChI=1S/C25H21F4N7O/c1-3-22(37)32-17-8-9-20(26)21(10-17)34-23-19(16-6-4-15(5-7-16)11-25(27,28)29)13-30-24(35-23)33-18-12-31-36(2)14-18/h3-10,12-14H,1,11H2,2H3,(H,32,37)(H2,30,33,34,35). The Morgan fingerprint density at radius 2 is 1.84 bits per heavy atom. The maximum Gasteiger partial charge on any atom is 0.393 e. The summed E-state index contributed by atoms with van der Waals surface area (Å²) in [6.07, 6.45) is 0.425. The van der Waals surface area contributed by atoms with Crippen LogP contribution in [-0.2, 0) is 18.3 Å². The predicted octanol–water partition coefficient (Wildman–Crippen LogP) is 5.73. The zero-order valence-electron chi connectivity index (χ0n) is 19.5. The summed E-state index contributed by atoms with van der Waals surface area (Å²) in [6.45, 7) is 3.39. The van der Waals surface area contributed by atoms with Crippen LogP contribution in [0.4, 0.5) is 46.4 Å². The SMILES string of the molecule is C=CC(=O)Nc1ccc(F)c(Nc2nc(Nc3cnn(C)c3)ncc2-c2ccc(CC(F)(F)F)cc2)c1. The molecule has 0 aliphatic carbocycles. The first kappa shape index (κ1) is 25.4. The zero-order chi connectivity index (χ0) is 26.6. The lowest BCUT2D eigenvalue weighted by atomic mass is 10.0. The first-order valence-corrected chi connectivity index (χ1v) is 10.9. The predicted molar refractivity (Wildman–Crippen MR) is 132 cm³/mol. The maximum atomic E-state index is 14.7. The van der Waals surface area contributed by atoms with Crippen molar-refractivity contribution in [3.8, 4) is 11.1 Å². The lowest BCUT2D eigenvalue weighted by molar-refractivity contribution is -0.127. The van der Waals surface area contributed by atoms with Gasteiger partial charge in [-0.25, -0.2) is 9.37 Å². The Kier molecular flexibility index (Phi) is 7.18. The maximum absolute atomic E-state index is 14.7. The normalized spacial score (nSPS) is 11.2. The molecule has 4 aromatic rings. The fourth-order valence-electron chi connectivity index (χ4n) is 3.42. The summed E-state index contributed by atoms with van der Waals surface area (Å²) < 4.78 is 54.6. The molecule has 0 atom stereocenters. The first-order chi connectivity index (χ1) is 17.6. The van der Waals surface area contributed by atoms with Crippen LogP contribution in [0.25, 0.3) is 11.1 Å². The van der Waals surface area contributed by atoms with Crippen LogP contribution in [0.1, 0.15) is 5.56 Å². The highest BCUT2D eigenvalue weighted by molar-refractivity contribution is 5.99. The van der Waals surface area contributed by atoms with Crippen molar-refractivity contribution >= 4 is 34.7 Å². The molecule has 4 rings (SSSR count). The van der Waals surface area contributed by atoms with E-state index in [9.17, 15) is 22.4 Å². The van der Waals surface area contributed by atoms with Crippen LogP contribution < -0.4 is 16.0 Å². The van der Waals surface area contributed by atoms with Crippen LogP contribution in [0.3, 0.4) is 0 Å². The molecule has 2 heterocycles. The minimum atomic E-state index is -4.33. The van der Waals surface area contributed by atoms with E-state index >= 15 is 0 Å². The van der Waals surface area contributed by atoms with Crippen LogP contribution in [0.2, 0.25) is 0 Å². The summed E-state index contributed by atoms with van der Waals surface area (Å²) in [4.78, 5) is 20.4. The summed E-state index contributed by atoms with van der Waals surface area (Å²) in [5.41, 5.74) is 1.95. The molecule has 190 valence electrons. The zero-order valence-corrected chi connectivity index (χ0v) is 19.5. The summed E-state index contributed by atoms with van der Waals surface area (Å²) in [5, 5.41) is 12.5. The van der Waals surface area contributed by atoms with Crippen molar-refractivity contribution < 1.29 is 22.4 Å². The molecule has 2 aromatic heterocycles. The van der Waals surface area contributed by atoms with Gasteiger partial charge in [-0.05, 0) is 35.4 Å². The molecule has 0 radical (unpaired) electrons. The molecule has 8 nitrogen and oxygen atoms in total. The number of carbonyl (C=O) groups excluding carboxylic acids is 1. The van der Waals surface area contributed by atoms with Crippen molar-refractivity contribution in [2.75, 3.05) is 16.0 Å². The molecule has 0 saturated heterocycles. The fourth-order valence-corrected chi connectivity index (χ4v) is 3.42. The number of rotatable bonds is 8. The van der Waals surface area contributed by atoms with Crippen LogP contribution in [-0.4, -0.2) is 31.8 Å². The van der Waals surface area contributed by atoms with E-state index in [1.54, 1.807) is 24.1 Å². The van der Waals surface area contributed by atoms with E-state index in [1.165, 1.54) is 48.7 Å². The Bertz CT molecular complexity index is 1430. The Balaban J connectivity index is 1.71. The summed E-state index contributed by atoms with van der Waals surface area (Å²) >= 11 is 0. The topological polar surface area (TPSA) is 96.8 Å². The molecule has 3 N–H and O–H groups in total. The molecule has 0 saturated carbocycles. The lowest BCUT2D eigenvalue weighted by Crippen LogP contribution is -2.11. The van der Waals surface area contributed by atoms with Crippen molar-refractivity contribution in [1.82, 2.24) is 19.7 Å². The number of hydrogen-bond acceptors (Lipinski definition) is 6. The Labute approximate surface area is 209 Å². The second-order valence-corrected chi connectivity index (χ2v) is 7.99. The van der Waals surface area contributed by atoms with E-state index in [0.717, 1.165) is 6.08 Å². The minimum Gasteiger partial charge on any atom is -0.337 e. The number of anilines is 5. The van der Waals surface area contributed by atoms with E-state index in [2.05, 4.69) is 37.6 Å². The van der Waals surface area contributed by atoms with Crippen LogP contribution >= 0.6 is 0 Å². The van der Waals surface area contributed by atoms with E-state index in [1.807, 2.05) is 0 Å². The molecule has 0 aliphatic rings. The molecule has 0 spiro atoms. The van der Waals surface area contributed by atoms with Crippen LogP contribution in [0.15, 0.2) is 73.7 Å². The largest absolute Gasteiger partial charge is 0.393 e. The highest BCUT2D eigenvalue weighted by atomic mass is 19.4. The van der Waals surface area contributed by atoms with Gasteiger partial charge >= 0.3 is 6.18 Å². The van der Waals surface area contributed by atoms with E-state index in [-0.39, 0.29) is 23.0 Å². The average Bonchev–Trinajstić information content (AvgIpc) is 3.25. The second-order valence-electron chi connectivity index (χ2n) is 7.99. The Morgan fingerprint density at radius 1 is 1.08 bits per heavy atom. The molecular formula is C25H21F4N7O. The number of benzene rings is 2. The number of carbonyl (C=O) groups is 1. The number of nitrogens with one attached hydrogen (secondary N) is 3. The molecule has 2 aromatic carbocycles. The smallest absolute Gasteiger partial charge is 0.337 e. The van der Waals surface area contributed by atoms with Gasteiger partial charge in [0.1, 0.15) is 11.6 Å². The molecular weight excluding hydrogens is 490 g/mol. The summed E-state index contributed by atoms with van der Waals surface area (Å²) in [5.74, 6) is -0.744. The molecule has 12 heteroatoms. The minimum absolute atomic E-state index is 0.00262.